The third kappa shape index (κ3) is 5.03. The van der Waals surface area contributed by atoms with Gasteiger partial charge in [0.2, 0.25) is 5.91 Å². The minimum atomic E-state index is -3.51. The second-order valence-corrected chi connectivity index (χ2v) is 14.5. The number of nitrogens with zero attached hydrogens (tertiary/aromatic N) is 3. The zero-order valence-corrected chi connectivity index (χ0v) is 24.0. The van der Waals surface area contributed by atoms with Crippen LogP contribution in [0.2, 0.25) is 0 Å². The summed E-state index contributed by atoms with van der Waals surface area (Å²) in [5.41, 5.74) is 5.46. The van der Waals surface area contributed by atoms with Crippen LogP contribution >= 0.6 is 0 Å². The Labute approximate surface area is 240 Å². The maximum absolute atomic E-state index is 13.7. The number of carbonyl (C=O) groups is 2. The summed E-state index contributed by atoms with van der Waals surface area (Å²) in [4.78, 5) is 28.7. The number of carbonyl (C=O) groups excluding carboxylic acids is 2. The standard InChI is InChI=1S/C31H35N5O4S/c1-41(39,40)19-27(37)32-29-28-26(34-36(29)14-12-20-7-8-20)16-31(33-30(28)38)13-11-22-15-24(9-10-25(22)31)35-17-23(18-35)21-5-3-2-4-6-21/h2-6,9-10,15,20,23H,7-8,11-14,16-19H2,1H3,(H,32,37)(H,33,38)/t31-/m1/s1. The van der Waals surface area contributed by atoms with Gasteiger partial charge in [0.05, 0.1) is 11.2 Å². The first-order valence-electron chi connectivity index (χ1n) is 14.5. The molecule has 2 amide bonds. The molecular formula is C31H35N5O4S. The van der Waals surface area contributed by atoms with Gasteiger partial charge in [-0.15, -0.1) is 0 Å². The van der Waals surface area contributed by atoms with Gasteiger partial charge in [-0.1, -0.05) is 49.2 Å². The lowest BCUT2D eigenvalue weighted by molar-refractivity contribution is -0.113. The second-order valence-electron chi connectivity index (χ2n) is 12.3. The number of anilines is 2. The van der Waals surface area contributed by atoms with Gasteiger partial charge < -0.3 is 15.5 Å². The monoisotopic (exact) mass is 573 g/mol. The molecule has 9 nitrogen and oxygen atoms in total. The first kappa shape index (κ1) is 26.3. The summed E-state index contributed by atoms with van der Waals surface area (Å²) in [6.07, 6.45) is 6.49. The topological polar surface area (TPSA) is 113 Å². The highest BCUT2D eigenvalue weighted by atomic mass is 32.2. The normalized spacial score (nSPS) is 21.8. The SMILES string of the molecule is CS(=O)(=O)CC(=O)Nc1c2c(nn1CCC1CC1)C[C@@]1(CCc3cc(N4CC(c5ccccc5)C4)ccc31)NC2=O. The van der Waals surface area contributed by atoms with Crippen molar-refractivity contribution in [3.8, 4) is 0 Å². The number of aromatic nitrogens is 2. The fraction of sp³-hybridized carbons (Fsp3) is 0.452. The Kier molecular flexibility index (Phi) is 6.22. The molecule has 2 aliphatic heterocycles. The van der Waals surface area contributed by atoms with Crippen LogP contribution in [0.5, 0.6) is 0 Å². The van der Waals surface area contributed by atoms with E-state index in [0.717, 1.165) is 44.2 Å². The molecule has 1 saturated heterocycles. The molecule has 3 aromatic rings. The fourth-order valence-corrected chi connectivity index (χ4v) is 7.31. The van der Waals surface area contributed by atoms with Gasteiger partial charge in [0.1, 0.15) is 17.1 Å². The van der Waals surface area contributed by atoms with Crippen LogP contribution in [0, 0.1) is 5.92 Å². The molecule has 2 aromatic carbocycles. The molecule has 1 aromatic heterocycles. The van der Waals surface area contributed by atoms with Crippen molar-refractivity contribution in [2.24, 2.45) is 5.92 Å². The summed E-state index contributed by atoms with van der Waals surface area (Å²) in [5, 5.41) is 10.8. The van der Waals surface area contributed by atoms with E-state index >= 15 is 0 Å². The number of hydrogen-bond acceptors (Lipinski definition) is 6. The molecule has 1 saturated carbocycles. The van der Waals surface area contributed by atoms with E-state index in [1.165, 1.54) is 29.7 Å². The van der Waals surface area contributed by atoms with E-state index in [1.807, 2.05) is 0 Å². The molecule has 7 rings (SSSR count). The van der Waals surface area contributed by atoms with Crippen molar-refractivity contribution in [2.75, 3.05) is 35.3 Å². The summed E-state index contributed by atoms with van der Waals surface area (Å²) in [7, 11) is -3.51. The lowest BCUT2D eigenvalue weighted by atomic mass is 9.82. The van der Waals surface area contributed by atoms with Gasteiger partial charge in [0, 0.05) is 43.9 Å². The van der Waals surface area contributed by atoms with Crippen LogP contribution in [0.25, 0.3) is 0 Å². The van der Waals surface area contributed by atoms with Crippen LogP contribution < -0.4 is 15.5 Å². The van der Waals surface area contributed by atoms with Crippen molar-refractivity contribution in [3.63, 3.8) is 0 Å². The van der Waals surface area contributed by atoms with Gasteiger partial charge in [0.15, 0.2) is 9.84 Å². The Morgan fingerprint density at radius 1 is 1.15 bits per heavy atom. The van der Waals surface area contributed by atoms with Gasteiger partial charge >= 0.3 is 0 Å². The number of aryl methyl sites for hydroxylation is 2. The largest absolute Gasteiger partial charge is 0.370 e. The van der Waals surface area contributed by atoms with Gasteiger partial charge in [0.25, 0.3) is 5.91 Å². The Morgan fingerprint density at radius 2 is 1.93 bits per heavy atom. The number of hydrogen-bond donors (Lipinski definition) is 2. The van der Waals surface area contributed by atoms with E-state index in [2.05, 4.69) is 64.1 Å². The fourth-order valence-electron chi connectivity index (χ4n) is 6.76. The van der Waals surface area contributed by atoms with Crippen LogP contribution in [-0.4, -0.2) is 55.1 Å². The third-order valence-corrected chi connectivity index (χ3v) is 9.90. The molecule has 4 aliphatic rings. The molecule has 1 spiro atoms. The van der Waals surface area contributed by atoms with Crippen LogP contribution in [0.4, 0.5) is 11.5 Å². The Bertz CT molecular complexity index is 1640. The van der Waals surface area contributed by atoms with Crippen LogP contribution in [0.3, 0.4) is 0 Å². The highest BCUT2D eigenvalue weighted by molar-refractivity contribution is 7.91. The van der Waals surface area contributed by atoms with Crippen molar-refractivity contribution in [1.29, 1.82) is 0 Å². The van der Waals surface area contributed by atoms with E-state index in [1.54, 1.807) is 4.68 Å². The molecule has 2 aliphatic carbocycles. The smallest absolute Gasteiger partial charge is 0.257 e. The average Bonchev–Trinajstić information content (AvgIpc) is 3.58. The lowest BCUT2D eigenvalue weighted by Gasteiger charge is -2.42. The predicted molar refractivity (Wildman–Crippen MR) is 157 cm³/mol. The van der Waals surface area contributed by atoms with Crippen molar-refractivity contribution in [2.45, 2.75) is 56.5 Å². The zero-order valence-electron chi connectivity index (χ0n) is 23.2. The lowest BCUT2D eigenvalue weighted by Crippen LogP contribution is -2.50. The highest BCUT2D eigenvalue weighted by Gasteiger charge is 2.47. The molecule has 0 radical (unpaired) electrons. The summed E-state index contributed by atoms with van der Waals surface area (Å²) in [5.74, 6) is -0.0738. The maximum atomic E-state index is 13.7. The number of benzene rings is 2. The molecule has 41 heavy (non-hydrogen) atoms. The van der Waals surface area contributed by atoms with E-state index in [4.69, 9.17) is 5.10 Å². The minimum absolute atomic E-state index is 0.274. The van der Waals surface area contributed by atoms with Gasteiger partial charge in [-0.2, -0.15) is 5.10 Å². The van der Waals surface area contributed by atoms with Gasteiger partial charge in [-0.3, -0.25) is 9.59 Å². The van der Waals surface area contributed by atoms with E-state index in [0.29, 0.717) is 41.9 Å². The predicted octanol–water partition coefficient (Wildman–Crippen LogP) is 3.40. The highest BCUT2D eigenvalue weighted by Crippen LogP contribution is 2.45. The number of fused-ring (bicyclic) bond motifs is 3. The summed E-state index contributed by atoms with van der Waals surface area (Å²) in [6, 6.07) is 17.3. The number of nitrogens with one attached hydrogen (secondary N) is 2. The number of rotatable bonds is 8. The van der Waals surface area contributed by atoms with Crippen molar-refractivity contribution in [3.05, 3.63) is 76.5 Å². The summed E-state index contributed by atoms with van der Waals surface area (Å²) in [6.45, 7) is 2.58. The molecule has 10 heteroatoms. The molecule has 2 fully saturated rings. The van der Waals surface area contributed by atoms with E-state index in [9.17, 15) is 18.0 Å². The van der Waals surface area contributed by atoms with E-state index in [-0.39, 0.29) is 5.91 Å². The molecule has 3 heterocycles. The Hall–Kier alpha value is -3.66. The molecule has 1 atom stereocenters. The first-order valence-corrected chi connectivity index (χ1v) is 16.6. The van der Waals surface area contributed by atoms with Crippen LogP contribution in [-0.2, 0) is 39.6 Å². The molecule has 2 N–H and O–H groups in total. The van der Waals surface area contributed by atoms with Crippen LogP contribution in [0.1, 0.15) is 64.3 Å². The van der Waals surface area contributed by atoms with Crippen molar-refractivity contribution < 1.29 is 18.0 Å². The first-order chi connectivity index (χ1) is 19.7. The maximum Gasteiger partial charge on any atom is 0.257 e. The molecule has 0 unspecified atom stereocenters. The minimum Gasteiger partial charge on any atom is -0.370 e. The average molecular weight is 574 g/mol. The molecule has 214 valence electrons. The van der Waals surface area contributed by atoms with Crippen LogP contribution in [0.15, 0.2) is 48.5 Å². The number of amides is 2. The Balaban J connectivity index is 1.13. The third-order valence-electron chi connectivity index (χ3n) is 9.11. The Morgan fingerprint density at radius 3 is 2.66 bits per heavy atom. The summed E-state index contributed by atoms with van der Waals surface area (Å²) < 4.78 is 25.1. The molecule has 0 bridgehead atoms. The quantitative estimate of drug-likeness (QED) is 0.427. The molecular weight excluding hydrogens is 538 g/mol. The number of sulfone groups is 1. The van der Waals surface area contributed by atoms with E-state index < -0.39 is 27.0 Å². The van der Waals surface area contributed by atoms with Gasteiger partial charge in [-0.25, -0.2) is 13.1 Å². The van der Waals surface area contributed by atoms with Gasteiger partial charge in [-0.05, 0) is 54.0 Å². The van der Waals surface area contributed by atoms with Crippen molar-refractivity contribution >= 4 is 33.2 Å². The summed E-state index contributed by atoms with van der Waals surface area (Å²) >= 11 is 0. The second kappa shape index (κ2) is 9.72. The zero-order chi connectivity index (χ0) is 28.4. The van der Waals surface area contributed by atoms with Crippen molar-refractivity contribution in [1.82, 2.24) is 15.1 Å².